The van der Waals surface area contributed by atoms with Gasteiger partial charge in [0, 0.05) is 36.5 Å². The molecule has 0 aliphatic heterocycles. The number of aryl methyl sites for hydroxylation is 2. The third kappa shape index (κ3) is 3.81. The van der Waals surface area contributed by atoms with Crippen LogP contribution in [0, 0.1) is 13.8 Å². The Balaban J connectivity index is 1.59. The van der Waals surface area contributed by atoms with E-state index >= 15 is 0 Å². The van der Waals surface area contributed by atoms with Crippen LogP contribution < -0.4 is 5.32 Å². The molecule has 4 aromatic rings. The topological polar surface area (TPSA) is 83.8 Å². The number of aromatic nitrogens is 3. The van der Waals surface area contributed by atoms with Gasteiger partial charge in [0.05, 0.1) is 6.42 Å². The fourth-order valence-electron chi connectivity index (χ4n) is 3.51. The van der Waals surface area contributed by atoms with Gasteiger partial charge in [-0.3, -0.25) is 4.79 Å². The van der Waals surface area contributed by atoms with Crippen molar-refractivity contribution in [2.24, 2.45) is 0 Å². The maximum absolute atomic E-state index is 12.4. The summed E-state index contributed by atoms with van der Waals surface area (Å²) >= 11 is 0. The van der Waals surface area contributed by atoms with E-state index < -0.39 is 0 Å². The minimum atomic E-state index is -0.127. The van der Waals surface area contributed by atoms with Gasteiger partial charge in [0.1, 0.15) is 0 Å². The molecule has 0 saturated heterocycles. The smallest absolute Gasteiger partial charge is 0.227 e. The van der Waals surface area contributed by atoms with Crippen LogP contribution in [0.1, 0.15) is 34.3 Å². The van der Waals surface area contributed by atoms with Crippen LogP contribution in [0.5, 0.6) is 0 Å². The van der Waals surface area contributed by atoms with E-state index in [1.54, 1.807) is 6.92 Å². The molecule has 0 radical (unpaired) electrons. The number of aromatic amines is 1. The maximum Gasteiger partial charge on any atom is 0.227 e. The normalized spacial score (nSPS) is 12.2. The lowest BCUT2D eigenvalue weighted by Gasteiger charge is -2.18. The van der Waals surface area contributed by atoms with Gasteiger partial charge in [-0.25, -0.2) is 0 Å². The van der Waals surface area contributed by atoms with E-state index in [1.807, 2.05) is 18.3 Å². The molecule has 6 heteroatoms. The summed E-state index contributed by atoms with van der Waals surface area (Å²) in [6, 6.07) is 16.6. The highest BCUT2D eigenvalue weighted by molar-refractivity contribution is 5.84. The van der Waals surface area contributed by atoms with E-state index in [4.69, 9.17) is 4.52 Å². The number of rotatable bonds is 6. The molecule has 2 heterocycles. The zero-order chi connectivity index (χ0) is 19.5. The molecule has 2 N–H and O–H groups in total. The molecule has 1 unspecified atom stereocenters. The summed E-state index contributed by atoms with van der Waals surface area (Å²) in [7, 11) is 0. The number of H-pyrrole nitrogens is 1. The Morgan fingerprint density at radius 1 is 1.18 bits per heavy atom. The van der Waals surface area contributed by atoms with Crippen LogP contribution in [0.2, 0.25) is 0 Å². The fourth-order valence-corrected chi connectivity index (χ4v) is 3.51. The largest absolute Gasteiger partial charge is 0.361 e. The fraction of sp³-hybridized carbons (Fsp3) is 0.227. The Morgan fingerprint density at radius 3 is 2.82 bits per heavy atom. The molecule has 6 nitrogen and oxygen atoms in total. The Kier molecular flexibility index (Phi) is 4.93. The van der Waals surface area contributed by atoms with Crippen LogP contribution in [0.15, 0.2) is 59.3 Å². The highest BCUT2D eigenvalue weighted by atomic mass is 16.5. The molecule has 1 atom stereocenters. The van der Waals surface area contributed by atoms with Gasteiger partial charge in [-0.05, 0) is 24.1 Å². The first-order valence-electron chi connectivity index (χ1n) is 9.28. The average Bonchev–Trinajstić information content (AvgIpc) is 3.28. The minimum absolute atomic E-state index is 0.0343. The van der Waals surface area contributed by atoms with Gasteiger partial charge in [-0.1, -0.05) is 53.2 Å². The summed E-state index contributed by atoms with van der Waals surface area (Å²) in [4.78, 5) is 19.8. The third-order valence-corrected chi connectivity index (χ3v) is 4.83. The predicted molar refractivity (Wildman–Crippen MR) is 107 cm³/mol. The lowest BCUT2D eigenvalue weighted by molar-refractivity contribution is -0.120. The summed E-state index contributed by atoms with van der Waals surface area (Å²) in [6.07, 6.45) is 2.14. The van der Waals surface area contributed by atoms with Crippen molar-refractivity contribution in [1.82, 2.24) is 20.4 Å². The van der Waals surface area contributed by atoms with Crippen molar-refractivity contribution < 1.29 is 9.32 Å². The van der Waals surface area contributed by atoms with E-state index in [-0.39, 0.29) is 18.2 Å². The quantitative estimate of drug-likeness (QED) is 0.539. The van der Waals surface area contributed by atoms with Crippen LogP contribution in [-0.2, 0) is 11.2 Å². The predicted octanol–water partition coefficient (Wildman–Crippen LogP) is 3.66. The lowest BCUT2D eigenvalue weighted by atomic mass is 9.90. The molecule has 0 saturated carbocycles. The first-order chi connectivity index (χ1) is 13.6. The van der Waals surface area contributed by atoms with Gasteiger partial charge in [-0.2, -0.15) is 4.98 Å². The Bertz CT molecular complexity index is 1110. The lowest BCUT2D eigenvalue weighted by Crippen LogP contribution is -2.30. The van der Waals surface area contributed by atoms with Gasteiger partial charge in [0.2, 0.25) is 11.8 Å². The molecule has 0 aliphatic rings. The molecular weight excluding hydrogens is 352 g/mol. The Hall–Kier alpha value is -3.41. The van der Waals surface area contributed by atoms with Crippen molar-refractivity contribution in [3.63, 3.8) is 0 Å². The number of para-hydroxylation sites is 1. The Morgan fingerprint density at radius 2 is 2.04 bits per heavy atom. The molecule has 1 amide bonds. The number of hydrogen-bond acceptors (Lipinski definition) is 4. The molecule has 28 heavy (non-hydrogen) atoms. The van der Waals surface area contributed by atoms with E-state index in [1.165, 1.54) is 11.1 Å². The van der Waals surface area contributed by atoms with Crippen LogP contribution >= 0.6 is 0 Å². The zero-order valence-electron chi connectivity index (χ0n) is 15.9. The number of carbonyl (C=O) groups excluding carboxylic acids is 1. The standard InChI is InChI=1S/C22H22N4O2/c1-14-6-5-7-16(10-14)18(19-13-23-20-9-4-3-8-17(19)20)12-24-22(27)11-21-25-15(2)28-26-21/h3-10,13,18,23H,11-12H2,1-2H3,(H,24,27). The molecule has 4 rings (SSSR count). The highest BCUT2D eigenvalue weighted by Crippen LogP contribution is 2.30. The molecule has 142 valence electrons. The number of carbonyl (C=O) groups is 1. The van der Waals surface area contributed by atoms with Crippen molar-refractivity contribution in [1.29, 1.82) is 0 Å². The molecule has 2 aromatic carbocycles. The Labute approximate surface area is 163 Å². The van der Waals surface area contributed by atoms with Crippen LogP contribution in [-0.4, -0.2) is 27.6 Å². The number of fused-ring (bicyclic) bond motifs is 1. The molecule has 0 aliphatic carbocycles. The number of benzene rings is 2. The van der Waals surface area contributed by atoms with Crippen molar-refractivity contribution in [3.8, 4) is 0 Å². The van der Waals surface area contributed by atoms with E-state index in [0.717, 1.165) is 16.5 Å². The van der Waals surface area contributed by atoms with Gasteiger partial charge in [0.25, 0.3) is 0 Å². The average molecular weight is 374 g/mol. The van der Waals surface area contributed by atoms with E-state index in [2.05, 4.69) is 63.8 Å². The number of hydrogen-bond donors (Lipinski definition) is 2. The van der Waals surface area contributed by atoms with E-state index in [9.17, 15) is 4.79 Å². The molecule has 2 aromatic heterocycles. The zero-order valence-corrected chi connectivity index (χ0v) is 15.9. The molecule has 0 bridgehead atoms. The summed E-state index contributed by atoms with van der Waals surface area (Å²) in [5.41, 5.74) is 4.61. The molecule has 0 spiro atoms. The first kappa shape index (κ1) is 18.0. The molecular formula is C22H22N4O2. The van der Waals surface area contributed by atoms with Crippen molar-refractivity contribution in [2.75, 3.05) is 6.54 Å². The highest BCUT2D eigenvalue weighted by Gasteiger charge is 2.20. The first-order valence-corrected chi connectivity index (χ1v) is 9.28. The summed E-state index contributed by atoms with van der Waals surface area (Å²) in [6.45, 7) is 4.27. The number of nitrogens with zero attached hydrogens (tertiary/aromatic N) is 2. The van der Waals surface area contributed by atoms with Crippen LogP contribution in [0.4, 0.5) is 0 Å². The third-order valence-electron chi connectivity index (χ3n) is 4.83. The summed E-state index contributed by atoms with van der Waals surface area (Å²) in [5, 5.41) is 7.99. The van der Waals surface area contributed by atoms with Crippen LogP contribution in [0.25, 0.3) is 10.9 Å². The monoisotopic (exact) mass is 374 g/mol. The molecule has 0 fully saturated rings. The van der Waals surface area contributed by atoms with Gasteiger partial charge in [0.15, 0.2) is 5.82 Å². The SMILES string of the molecule is Cc1cccc(C(CNC(=O)Cc2noc(C)n2)c2c[nH]c3ccccc23)c1. The van der Waals surface area contributed by atoms with E-state index in [0.29, 0.717) is 18.3 Å². The summed E-state index contributed by atoms with van der Waals surface area (Å²) < 4.78 is 4.94. The maximum atomic E-state index is 12.4. The minimum Gasteiger partial charge on any atom is -0.361 e. The number of nitrogens with one attached hydrogen (secondary N) is 2. The van der Waals surface area contributed by atoms with Crippen molar-refractivity contribution in [3.05, 3.63) is 83.1 Å². The van der Waals surface area contributed by atoms with Crippen LogP contribution in [0.3, 0.4) is 0 Å². The second kappa shape index (κ2) is 7.68. The number of amides is 1. The van der Waals surface area contributed by atoms with Gasteiger partial charge >= 0.3 is 0 Å². The summed E-state index contributed by atoms with van der Waals surface area (Å²) in [5.74, 6) is 0.763. The van der Waals surface area contributed by atoms with Gasteiger partial charge in [-0.15, -0.1) is 0 Å². The second-order valence-electron chi connectivity index (χ2n) is 6.97. The van der Waals surface area contributed by atoms with Crippen molar-refractivity contribution in [2.45, 2.75) is 26.2 Å². The van der Waals surface area contributed by atoms with Crippen molar-refractivity contribution >= 4 is 16.8 Å². The second-order valence-corrected chi connectivity index (χ2v) is 6.97. The van der Waals surface area contributed by atoms with Gasteiger partial charge < -0.3 is 14.8 Å².